The number of hydrogen-bond donors (Lipinski definition) is 1. The van der Waals surface area contributed by atoms with Crippen LogP contribution in [-0.4, -0.2) is 18.0 Å². The van der Waals surface area contributed by atoms with Crippen LogP contribution >= 0.6 is 11.6 Å². The Balaban J connectivity index is 2.90. The molecule has 0 saturated heterocycles. The standard InChI is InChI=1S/C11H13ClO3/c1-7(2)6-15-11-4-10(14)8(5-13)3-9(11)12/h3-5,7,14H,6H2,1-2H3. The molecule has 1 aromatic carbocycles. The van der Waals surface area contributed by atoms with Gasteiger partial charge in [-0.15, -0.1) is 0 Å². The van der Waals surface area contributed by atoms with Crippen LogP contribution in [-0.2, 0) is 0 Å². The van der Waals surface area contributed by atoms with Crippen LogP contribution in [0.3, 0.4) is 0 Å². The first-order valence-electron chi connectivity index (χ1n) is 4.65. The molecule has 0 saturated carbocycles. The summed E-state index contributed by atoms with van der Waals surface area (Å²) >= 11 is 5.87. The number of benzene rings is 1. The average Bonchev–Trinajstić information content (AvgIpc) is 2.18. The van der Waals surface area contributed by atoms with E-state index in [1.807, 2.05) is 13.8 Å². The molecule has 0 aliphatic heterocycles. The molecule has 15 heavy (non-hydrogen) atoms. The van der Waals surface area contributed by atoms with Crippen molar-refractivity contribution in [2.75, 3.05) is 6.61 Å². The van der Waals surface area contributed by atoms with E-state index in [1.54, 1.807) is 0 Å². The Morgan fingerprint density at radius 1 is 1.53 bits per heavy atom. The molecule has 0 atom stereocenters. The minimum atomic E-state index is -0.117. The largest absolute Gasteiger partial charge is 0.507 e. The van der Waals surface area contributed by atoms with Crippen molar-refractivity contribution >= 4 is 17.9 Å². The van der Waals surface area contributed by atoms with Crippen LogP contribution in [0, 0.1) is 5.92 Å². The monoisotopic (exact) mass is 228 g/mol. The van der Waals surface area contributed by atoms with Crippen molar-refractivity contribution in [1.82, 2.24) is 0 Å². The Hall–Kier alpha value is -1.22. The Morgan fingerprint density at radius 2 is 2.20 bits per heavy atom. The zero-order valence-electron chi connectivity index (χ0n) is 8.66. The minimum absolute atomic E-state index is 0.117. The Bertz CT molecular complexity index is 361. The highest BCUT2D eigenvalue weighted by Gasteiger charge is 2.08. The molecule has 0 spiro atoms. The van der Waals surface area contributed by atoms with Gasteiger partial charge in [-0.05, 0) is 12.0 Å². The van der Waals surface area contributed by atoms with Crippen LogP contribution in [0.5, 0.6) is 11.5 Å². The van der Waals surface area contributed by atoms with Gasteiger partial charge in [-0.3, -0.25) is 4.79 Å². The fourth-order valence-corrected chi connectivity index (χ4v) is 1.25. The van der Waals surface area contributed by atoms with Gasteiger partial charge in [0.25, 0.3) is 0 Å². The number of hydrogen-bond acceptors (Lipinski definition) is 3. The van der Waals surface area contributed by atoms with Gasteiger partial charge in [0, 0.05) is 6.07 Å². The number of aromatic hydroxyl groups is 1. The third-order valence-corrected chi connectivity index (χ3v) is 2.08. The number of ether oxygens (including phenoxy) is 1. The van der Waals surface area contributed by atoms with E-state index in [1.165, 1.54) is 12.1 Å². The summed E-state index contributed by atoms with van der Waals surface area (Å²) < 4.78 is 5.37. The first-order chi connectivity index (χ1) is 7.04. The molecular weight excluding hydrogens is 216 g/mol. The van der Waals surface area contributed by atoms with E-state index < -0.39 is 0 Å². The number of carbonyl (C=O) groups excluding carboxylic acids is 1. The summed E-state index contributed by atoms with van der Waals surface area (Å²) in [5, 5.41) is 9.74. The number of halogens is 1. The molecule has 1 aromatic rings. The average molecular weight is 229 g/mol. The maximum absolute atomic E-state index is 10.5. The highest BCUT2D eigenvalue weighted by atomic mass is 35.5. The molecule has 0 aliphatic rings. The van der Waals surface area contributed by atoms with E-state index >= 15 is 0 Å². The lowest BCUT2D eigenvalue weighted by Gasteiger charge is -2.11. The minimum Gasteiger partial charge on any atom is -0.507 e. The van der Waals surface area contributed by atoms with Crippen LogP contribution in [0.25, 0.3) is 0 Å². The predicted molar refractivity (Wildman–Crippen MR) is 58.8 cm³/mol. The van der Waals surface area contributed by atoms with Crippen molar-refractivity contribution in [1.29, 1.82) is 0 Å². The van der Waals surface area contributed by atoms with Crippen molar-refractivity contribution in [3.63, 3.8) is 0 Å². The Kier molecular flexibility index (Phi) is 3.97. The summed E-state index contributed by atoms with van der Waals surface area (Å²) in [6.45, 7) is 4.53. The first-order valence-corrected chi connectivity index (χ1v) is 5.03. The van der Waals surface area contributed by atoms with Crippen LogP contribution < -0.4 is 4.74 Å². The molecule has 0 unspecified atom stereocenters. The van der Waals surface area contributed by atoms with Gasteiger partial charge in [-0.2, -0.15) is 0 Å². The molecule has 3 nitrogen and oxygen atoms in total. The highest BCUT2D eigenvalue weighted by Crippen LogP contribution is 2.31. The zero-order chi connectivity index (χ0) is 11.4. The van der Waals surface area contributed by atoms with Crippen molar-refractivity contribution in [3.8, 4) is 11.5 Å². The number of rotatable bonds is 4. The second-order valence-electron chi connectivity index (χ2n) is 3.66. The second kappa shape index (κ2) is 5.03. The lowest BCUT2D eigenvalue weighted by Crippen LogP contribution is -2.04. The zero-order valence-corrected chi connectivity index (χ0v) is 9.41. The third-order valence-electron chi connectivity index (χ3n) is 1.78. The molecule has 1 N–H and O–H groups in total. The van der Waals surface area contributed by atoms with E-state index in [9.17, 15) is 9.90 Å². The number of carbonyl (C=O) groups is 1. The topological polar surface area (TPSA) is 46.5 Å². The van der Waals surface area contributed by atoms with Gasteiger partial charge in [0.1, 0.15) is 11.5 Å². The van der Waals surface area contributed by atoms with Gasteiger partial charge in [-0.25, -0.2) is 0 Å². The van der Waals surface area contributed by atoms with Gasteiger partial charge < -0.3 is 9.84 Å². The van der Waals surface area contributed by atoms with E-state index in [0.717, 1.165) is 0 Å². The van der Waals surface area contributed by atoms with E-state index in [4.69, 9.17) is 16.3 Å². The summed E-state index contributed by atoms with van der Waals surface area (Å²) in [6, 6.07) is 2.74. The summed E-state index contributed by atoms with van der Waals surface area (Å²) in [5.41, 5.74) is 0.164. The van der Waals surface area contributed by atoms with E-state index in [0.29, 0.717) is 29.6 Å². The molecule has 0 aromatic heterocycles. The molecule has 1 rings (SSSR count). The predicted octanol–water partition coefficient (Wildman–Crippen LogP) is 2.89. The summed E-state index contributed by atoms with van der Waals surface area (Å²) in [4.78, 5) is 10.5. The molecule has 0 heterocycles. The smallest absolute Gasteiger partial charge is 0.153 e. The van der Waals surface area contributed by atoms with Crippen LogP contribution in [0.2, 0.25) is 5.02 Å². The van der Waals surface area contributed by atoms with Crippen LogP contribution in [0.1, 0.15) is 24.2 Å². The number of phenolic OH excluding ortho intramolecular Hbond substituents is 1. The van der Waals surface area contributed by atoms with Gasteiger partial charge in [0.2, 0.25) is 0 Å². The van der Waals surface area contributed by atoms with Crippen molar-refractivity contribution in [3.05, 3.63) is 22.7 Å². The highest BCUT2D eigenvalue weighted by molar-refractivity contribution is 6.32. The second-order valence-corrected chi connectivity index (χ2v) is 4.07. The molecule has 0 amide bonds. The van der Waals surface area contributed by atoms with Gasteiger partial charge >= 0.3 is 0 Å². The maximum atomic E-state index is 10.5. The van der Waals surface area contributed by atoms with Crippen molar-refractivity contribution in [2.24, 2.45) is 5.92 Å². The van der Waals surface area contributed by atoms with Crippen LogP contribution in [0.4, 0.5) is 0 Å². The lowest BCUT2D eigenvalue weighted by molar-refractivity contribution is 0.112. The van der Waals surface area contributed by atoms with Crippen LogP contribution in [0.15, 0.2) is 12.1 Å². The Labute approximate surface area is 93.6 Å². The van der Waals surface area contributed by atoms with E-state index in [-0.39, 0.29) is 11.3 Å². The number of aldehydes is 1. The summed E-state index contributed by atoms with van der Waals surface area (Å²) in [5.74, 6) is 0.649. The van der Waals surface area contributed by atoms with E-state index in [2.05, 4.69) is 0 Å². The molecule has 82 valence electrons. The molecule has 0 fully saturated rings. The maximum Gasteiger partial charge on any atom is 0.153 e. The quantitative estimate of drug-likeness (QED) is 0.806. The SMILES string of the molecule is CC(C)COc1cc(O)c(C=O)cc1Cl. The molecule has 0 radical (unpaired) electrons. The molecular formula is C11H13ClO3. The fourth-order valence-electron chi connectivity index (χ4n) is 1.02. The Morgan fingerprint density at radius 3 is 2.73 bits per heavy atom. The summed E-state index contributed by atoms with van der Waals surface area (Å²) in [7, 11) is 0. The normalized spacial score (nSPS) is 10.4. The number of phenols is 1. The molecule has 0 aliphatic carbocycles. The lowest BCUT2D eigenvalue weighted by atomic mass is 10.2. The van der Waals surface area contributed by atoms with Gasteiger partial charge in [-0.1, -0.05) is 25.4 Å². The van der Waals surface area contributed by atoms with Crippen molar-refractivity contribution < 1.29 is 14.6 Å². The first kappa shape index (κ1) is 11.9. The van der Waals surface area contributed by atoms with Crippen molar-refractivity contribution in [2.45, 2.75) is 13.8 Å². The van der Waals surface area contributed by atoms with Gasteiger partial charge in [0.15, 0.2) is 6.29 Å². The molecule has 4 heteroatoms. The fraction of sp³-hybridized carbons (Fsp3) is 0.364. The molecule has 0 bridgehead atoms. The summed E-state index contributed by atoms with van der Waals surface area (Å²) in [6.07, 6.45) is 0.549. The van der Waals surface area contributed by atoms with Gasteiger partial charge in [0.05, 0.1) is 17.2 Å². The third kappa shape index (κ3) is 3.13.